The monoisotopic (exact) mass is 242 g/mol. The minimum absolute atomic E-state index is 0.484. The van der Waals surface area contributed by atoms with Gasteiger partial charge in [0.25, 0.3) is 0 Å². The molecule has 0 bridgehead atoms. The summed E-state index contributed by atoms with van der Waals surface area (Å²) in [5, 5.41) is 0.713. The molecule has 0 nitrogen and oxygen atoms in total. The second-order valence-electron chi connectivity index (χ2n) is 6.54. The highest BCUT2D eigenvalue weighted by molar-refractivity contribution is 8.32. The second-order valence-corrected chi connectivity index (χ2v) is 16.3. The summed E-state index contributed by atoms with van der Waals surface area (Å²) in [4.78, 5) is 0. The number of rotatable bonds is 2. The van der Waals surface area contributed by atoms with Crippen LogP contribution in [0.2, 0.25) is 25.2 Å². The molecule has 0 saturated carbocycles. The van der Waals surface area contributed by atoms with E-state index in [-0.39, 0.29) is 0 Å². The van der Waals surface area contributed by atoms with Crippen LogP contribution in [0.15, 0.2) is 23.8 Å². The fourth-order valence-corrected chi connectivity index (χ4v) is 5.35. The van der Waals surface area contributed by atoms with Gasteiger partial charge in [-0.05, 0) is 31.2 Å². The van der Waals surface area contributed by atoms with Crippen LogP contribution in [-0.4, -0.2) is 32.1 Å². The summed E-state index contributed by atoms with van der Waals surface area (Å²) >= 11 is 0. The maximum absolute atomic E-state index is 2.54. The maximum atomic E-state index is 2.54. The van der Waals surface area contributed by atoms with E-state index >= 15 is 0 Å². The van der Waals surface area contributed by atoms with Crippen molar-refractivity contribution in [3.8, 4) is 0 Å². The van der Waals surface area contributed by atoms with Crippen LogP contribution in [0.3, 0.4) is 0 Å². The van der Waals surface area contributed by atoms with E-state index in [1.54, 1.807) is 5.57 Å². The SMILES string of the molecule is CC1=CC([Si](C)(C)C)C=CC1S(C)(C)C. The normalized spacial score (nSPS) is 28.9. The molecule has 2 atom stereocenters. The Kier molecular flexibility index (Phi) is 3.61. The van der Waals surface area contributed by atoms with Crippen LogP contribution in [0, 0.1) is 0 Å². The minimum Gasteiger partial charge on any atom is -0.240 e. The van der Waals surface area contributed by atoms with Crippen LogP contribution in [0.25, 0.3) is 0 Å². The molecular formula is C13H26SSi. The molecule has 0 aliphatic heterocycles. The van der Waals surface area contributed by atoms with E-state index in [9.17, 15) is 0 Å². The van der Waals surface area contributed by atoms with Gasteiger partial charge in [-0.1, -0.05) is 43.4 Å². The Bertz CT molecular complexity index is 289. The molecule has 0 spiro atoms. The molecule has 0 amide bonds. The Morgan fingerprint density at radius 1 is 1.07 bits per heavy atom. The average Bonchev–Trinajstić information content (AvgIpc) is 1.99. The van der Waals surface area contributed by atoms with Crippen molar-refractivity contribution in [3.05, 3.63) is 23.8 Å². The summed E-state index contributed by atoms with van der Waals surface area (Å²) in [7, 11) is -1.52. The van der Waals surface area contributed by atoms with Crippen molar-refractivity contribution in [1.82, 2.24) is 0 Å². The molecular weight excluding hydrogens is 216 g/mol. The van der Waals surface area contributed by atoms with Crippen molar-refractivity contribution in [1.29, 1.82) is 0 Å². The molecule has 0 aromatic carbocycles. The number of allylic oxidation sites excluding steroid dienone is 2. The molecule has 0 heterocycles. The van der Waals surface area contributed by atoms with Crippen LogP contribution in [0.5, 0.6) is 0 Å². The van der Waals surface area contributed by atoms with E-state index in [1.165, 1.54) is 0 Å². The van der Waals surface area contributed by atoms with Crippen LogP contribution in [0.4, 0.5) is 0 Å². The summed E-state index contributed by atoms with van der Waals surface area (Å²) in [6.45, 7) is 9.68. The second kappa shape index (κ2) is 4.14. The zero-order valence-electron chi connectivity index (χ0n) is 11.3. The summed E-state index contributed by atoms with van der Waals surface area (Å²) in [6, 6.07) is 0. The van der Waals surface area contributed by atoms with E-state index in [2.05, 4.69) is 63.6 Å². The van der Waals surface area contributed by atoms with Crippen molar-refractivity contribution in [2.75, 3.05) is 18.8 Å². The van der Waals surface area contributed by atoms with E-state index < -0.39 is 18.1 Å². The van der Waals surface area contributed by atoms with Gasteiger partial charge in [0, 0.05) is 5.25 Å². The van der Waals surface area contributed by atoms with Crippen LogP contribution in [-0.2, 0) is 0 Å². The van der Waals surface area contributed by atoms with Crippen molar-refractivity contribution >= 4 is 18.1 Å². The van der Waals surface area contributed by atoms with Crippen LogP contribution in [0.1, 0.15) is 6.92 Å². The van der Waals surface area contributed by atoms with Crippen molar-refractivity contribution < 1.29 is 0 Å². The van der Waals surface area contributed by atoms with E-state index in [0.717, 1.165) is 5.54 Å². The number of hydrogen-bond acceptors (Lipinski definition) is 0. The summed E-state index contributed by atoms with van der Waals surface area (Å²) in [5.41, 5.74) is 2.35. The van der Waals surface area contributed by atoms with Gasteiger partial charge in [0.2, 0.25) is 0 Å². The van der Waals surface area contributed by atoms with Gasteiger partial charge < -0.3 is 0 Å². The average molecular weight is 243 g/mol. The first-order valence-electron chi connectivity index (χ1n) is 5.66. The van der Waals surface area contributed by atoms with Gasteiger partial charge in [0.05, 0.1) is 8.07 Å². The van der Waals surface area contributed by atoms with Gasteiger partial charge in [0.1, 0.15) is 0 Å². The molecule has 1 aliphatic carbocycles. The quantitative estimate of drug-likeness (QED) is 0.501. The number of hydrogen-bond donors (Lipinski definition) is 0. The lowest BCUT2D eigenvalue weighted by Gasteiger charge is -2.39. The van der Waals surface area contributed by atoms with E-state index in [1.807, 2.05) is 0 Å². The standard InChI is InChI=1S/C13H26SSi/c1-11-10-12(15(5,6)7)8-9-13(11)14(2,3)4/h8-10,12-13H,1-7H3. The fraction of sp³-hybridized carbons (Fsp3) is 0.692. The molecule has 2 heteroatoms. The third kappa shape index (κ3) is 3.25. The van der Waals surface area contributed by atoms with Crippen molar-refractivity contribution in [2.24, 2.45) is 0 Å². The first-order valence-corrected chi connectivity index (χ1v) is 12.2. The molecule has 0 radical (unpaired) electrons. The van der Waals surface area contributed by atoms with E-state index in [0.29, 0.717) is 5.25 Å². The zero-order valence-corrected chi connectivity index (χ0v) is 13.1. The van der Waals surface area contributed by atoms with Gasteiger partial charge in [-0.2, -0.15) is 0 Å². The summed E-state index contributed by atoms with van der Waals surface area (Å²) < 4.78 is 0. The zero-order chi connectivity index (χ0) is 11.9. The Labute approximate surface area is 98.2 Å². The molecule has 1 aliphatic rings. The Morgan fingerprint density at radius 3 is 1.93 bits per heavy atom. The van der Waals surface area contributed by atoms with Crippen molar-refractivity contribution in [2.45, 2.75) is 37.4 Å². The van der Waals surface area contributed by atoms with Gasteiger partial charge in [-0.25, -0.2) is 10.0 Å². The maximum Gasteiger partial charge on any atom is 0.0557 e. The van der Waals surface area contributed by atoms with Gasteiger partial charge in [-0.3, -0.25) is 0 Å². The highest BCUT2D eigenvalue weighted by Crippen LogP contribution is 2.48. The molecule has 0 aromatic rings. The van der Waals surface area contributed by atoms with Crippen molar-refractivity contribution in [3.63, 3.8) is 0 Å². The smallest absolute Gasteiger partial charge is 0.0557 e. The molecule has 0 N–H and O–H groups in total. The van der Waals surface area contributed by atoms with E-state index in [4.69, 9.17) is 0 Å². The Hall–Kier alpha value is 0.0469. The lowest BCUT2D eigenvalue weighted by molar-refractivity contribution is 1.09. The van der Waals surface area contributed by atoms with Gasteiger partial charge >= 0.3 is 0 Å². The third-order valence-electron chi connectivity index (χ3n) is 3.15. The predicted octanol–water partition coefficient (Wildman–Crippen LogP) is 4.27. The minimum atomic E-state index is -1.04. The first kappa shape index (κ1) is 13.1. The largest absolute Gasteiger partial charge is 0.240 e. The highest BCUT2D eigenvalue weighted by atomic mass is 32.3. The molecule has 1 rings (SSSR count). The predicted molar refractivity (Wildman–Crippen MR) is 79.1 cm³/mol. The first-order chi connectivity index (χ1) is 6.62. The third-order valence-corrected chi connectivity index (χ3v) is 7.56. The topological polar surface area (TPSA) is 0 Å². The fourth-order valence-electron chi connectivity index (χ4n) is 2.14. The molecule has 15 heavy (non-hydrogen) atoms. The Morgan fingerprint density at radius 2 is 1.60 bits per heavy atom. The summed E-state index contributed by atoms with van der Waals surface area (Å²) in [5.74, 6) is 0. The Balaban J connectivity index is 2.90. The molecule has 0 aromatic heterocycles. The summed E-state index contributed by atoms with van der Waals surface area (Å²) in [6.07, 6.45) is 14.7. The highest BCUT2D eigenvalue weighted by Gasteiger charge is 2.28. The lowest BCUT2D eigenvalue weighted by Crippen LogP contribution is -2.29. The molecule has 0 fully saturated rings. The van der Waals surface area contributed by atoms with Gasteiger partial charge in [0.15, 0.2) is 0 Å². The molecule has 88 valence electrons. The van der Waals surface area contributed by atoms with Crippen LogP contribution < -0.4 is 0 Å². The van der Waals surface area contributed by atoms with Gasteiger partial charge in [-0.15, -0.1) is 0 Å². The van der Waals surface area contributed by atoms with Crippen LogP contribution >= 0.6 is 10.0 Å². The molecule has 0 saturated heterocycles. The lowest BCUT2D eigenvalue weighted by atomic mass is 10.1. The molecule has 2 unspecified atom stereocenters.